The highest BCUT2D eigenvalue weighted by molar-refractivity contribution is 5.80. The zero-order valence-electron chi connectivity index (χ0n) is 7.41. The van der Waals surface area contributed by atoms with E-state index in [0.29, 0.717) is 13.1 Å². The van der Waals surface area contributed by atoms with Crippen LogP contribution in [0.5, 0.6) is 0 Å². The molecule has 1 heterocycles. The molecule has 0 saturated carbocycles. The molecule has 1 N–H and O–H groups in total. The number of piperazine rings is 1. The minimum atomic E-state index is -1.16. The van der Waals surface area contributed by atoms with Gasteiger partial charge in [-0.25, -0.2) is 0 Å². The summed E-state index contributed by atoms with van der Waals surface area (Å²) in [5, 5.41) is 13.2. The van der Waals surface area contributed by atoms with E-state index in [1.807, 2.05) is 0 Å². The first-order chi connectivity index (χ1) is 6.20. The minimum absolute atomic E-state index is 0.0579. The summed E-state index contributed by atoms with van der Waals surface area (Å²) in [6, 6.07) is 0. The standard InChI is InChI=1S/C8H14N2O3/c11-7(1-2-8(12)13)10-5-3-9-4-6-10/h9H,1-6H2,(H,12,13)/p-1. The Kier molecular flexibility index (Phi) is 3.70. The normalized spacial score (nSPS) is 17.1. The number of carboxylic acids is 1. The third kappa shape index (κ3) is 3.42. The summed E-state index contributed by atoms with van der Waals surface area (Å²) in [6.45, 7) is 2.92. The number of aliphatic carboxylic acids is 1. The Morgan fingerprint density at radius 1 is 1.23 bits per heavy atom. The summed E-state index contributed by atoms with van der Waals surface area (Å²) >= 11 is 0. The van der Waals surface area contributed by atoms with Crippen LogP contribution in [0.25, 0.3) is 0 Å². The van der Waals surface area contributed by atoms with Crippen molar-refractivity contribution in [2.24, 2.45) is 0 Å². The van der Waals surface area contributed by atoms with E-state index < -0.39 is 5.97 Å². The lowest BCUT2D eigenvalue weighted by Crippen LogP contribution is -2.46. The number of amides is 1. The largest absolute Gasteiger partial charge is 0.550 e. The molecule has 1 aliphatic heterocycles. The zero-order valence-corrected chi connectivity index (χ0v) is 7.41. The van der Waals surface area contributed by atoms with Crippen molar-refractivity contribution < 1.29 is 14.7 Å². The van der Waals surface area contributed by atoms with Gasteiger partial charge in [-0.2, -0.15) is 0 Å². The van der Waals surface area contributed by atoms with Crippen LogP contribution in [0.2, 0.25) is 0 Å². The average Bonchev–Trinajstić information content (AvgIpc) is 2.15. The number of rotatable bonds is 3. The second-order valence-electron chi connectivity index (χ2n) is 3.00. The van der Waals surface area contributed by atoms with Crippen LogP contribution in [0.1, 0.15) is 12.8 Å². The molecule has 1 saturated heterocycles. The van der Waals surface area contributed by atoms with Gasteiger partial charge in [-0.15, -0.1) is 0 Å². The van der Waals surface area contributed by atoms with Crippen molar-refractivity contribution in [2.45, 2.75) is 12.8 Å². The first kappa shape index (κ1) is 9.98. The first-order valence-electron chi connectivity index (χ1n) is 4.38. The molecule has 1 aliphatic rings. The number of carbonyl (C=O) groups excluding carboxylic acids is 2. The molecule has 0 aromatic rings. The van der Waals surface area contributed by atoms with E-state index in [1.54, 1.807) is 4.90 Å². The lowest BCUT2D eigenvalue weighted by atomic mass is 10.2. The number of hydrogen-bond donors (Lipinski definition) is 1. The quantitative estimate of drug-likeness (QED) is 0.549. The SMILES string of the molecule is O=C([O-])CCC(=O)N1CCNCC1. The summed E-state index contributed by atoms with van der Waals surface area (Å²) in [5.41, 5.74) is 0. The van der Waals surface area contributed by atoms with Crippen LogP contribution in [0.4, 0.5) is 0 Å². The molecule has 0 aromatic carbocycles. The van der Waals surface area contributed by atoms with Gasteiger partial charge in [-0.05, 0) is 6.42 Å². The van der Waals surface area contributed by atoms with Crippen molar-refractivity contribution >= 4 is 11.9 Å². The van der Waals surface area contributed by atoms with E-state index in [0.717, 1.165) is 13.1 Å². The summed E-state index contributed by atoms with van der Waals surface area (Å²) < 4.78 is 0. The Balaban J connectivity index is 2.25. The molecular formula is C8H13N2O3-. The minimum Gasteiger partial charge on any atom is -0.550 e. The van der Waals surface area contributed by atoms with Crippen molar-refractivity contribution in [2.75, 3.05) is 26.2 Å². The average molecular weight is 185 g/mol. The molecule has 0 aliphatic carbocycles. The molecule has 1 amide bonds. The lowest BCUT2D eigenvalue weighted by Gasteiger charge is -2.27. The number of carboxylic acid groups (broad SMARTS) is 1. The van der Waals surface area contributed by atoms with Gasteiger partial charge in [0.1, 0.15) is 0 Å². The van der Waals surface area contributed by atoms with Crippen LogP contribution in [0.15, 0.2) is 0 Å². The van der Waals surface area contributed by atoms with Crippen molar-refractivity contribution in [1.82, 2.24) is 10.2 Å². The highest BCUT2D eigenvalue weighted by atomic mass is 16.4. The summed E-state index contributed by atoms with van der Waals surface area (Å²) in [7, 11) is 0. The maximum Gasteiger partial charge on any atom is 0.223 e. The molecule has 0 spiro atoms. The lowest BCUT2D eigenvalue weighted by molar-refractivity contribution is -0.305. The monoisotopic (exact) mass is 185 g/mol. The van der Waals surface area contributed by atoms with Gasteiger partial charge in [-0.3, -0.25) is 4.79 Å². The Hall–Kier alpha value is -1.10. The van der Waals surface area contributed by atoms with Gasteiger partial charge >= 0.3 is 0 Å². The van der Waals surface area contributed by atoms with E-state index in [9.17, 15) is 14.7 Å². The molecule has 5 nitrogen and oxygen atoms in total. The molecule has 0 bridgehead atoms. The van der Waals surface area contributed by atoms with E-state index >= 15 is 0 Å². The molecule has 0 aromatic heterocycles. The first-order valence-corrected chi connectivity index (χ1v) is 4.38. The maximum absolute atomic E-state index is 11.3. The molecule has 13 heavy (non-hydrogen) atoms. The maximum atomic E-state index is 11.3. The van der Waals surface area contributed by atoms with Crippen LogP contribution in [0.3, 0.4) is 0 Å². The van der Waals surface area contributed by atoms with Crippen LogP contribution >= 0.6 is 0 Å². The van der Waals surface area contributed by atoms with Gasteiger partial charge in [0.2, 0.25) is 5.91 Å². The molecule has 1 fully saturated rings. The summed E-state index contributed by atoms with van der Waals surface area (Å²) in [6.07, 6.45) is -0.120. The van der Waals surface area contributed by atoms with E-state index in [-0.39, 0.29) is 18.7 Å². The number of hydrogen-bond acceptors (Lipinski definition) is 4. The Morgan fingerprint density at radius 3 is 2.38 bits per heavy atom. The van der Waals surface area contributed by atoms with Gasteiger partial charge in [0.15, 0.2) is 0 Å². The topological polar surface area (TPSA) is 72.5 Å². The van der Waals surface area contributed by atoms with Gasteiger partial charge < -0.3 is 20.1 Å². The predicted molar refractivity (Wildman–Crippen MR) is 43.7 cm³/mol. The van der Waals surface area contributed by atoms with Crippen LogP contribution in [-0.4, -0.2) is 43.0 Å². The molecule has 0 atom stereocenters. The molecular weight excluding hydrogens is 172 g/mol. The second-order valence-corrected chi connectivity index (χ2v) is 3.00. The molecule has 1 rings (SSSR count). The summed E-state index contributed by atoms with van der Waals surface area (Å²) in [4.78, 5) is 23.1. The second kappa shape index (κ2) is 4.81. The van der Waals surface area contributed by atoms with Gasteiger partial charge in [0.05, 0.1) is 0 Å². The van der Waals surface area contributed by atoms with Gasteiger partial charge in [0, 0.05) is 38.6 Å². The number of nitrogens with zero attached hydrogens (tertiary/aromatic N) is 1. The zero-order chi connectivity index (χ0) is 9.68. The van der Waals surface area contributed by atoms with Crippen LogP contribution < -0.4 is 10.4 Å². The van der Waals surface area contributed by atoms with Crippen LogP contribution in [-0.2, 0) is 9.59 Å². The van der Waals surface area contributed by atoms with Crippen molar-refractivity contribution in [3.05, 3.63) is 0 Å². The number of nitrogens with one attached hydrogen (secondary N) is 1. The Bertz CT molecular complexity index is 200. The molecule has 0 unspecified atom stereocenters. The highest BCUT2D eigenvalue weighted by Gasteiger charge is 2.15. The van der Waals surface area contributed by atoms with E-state index in [4.69, 9.17) is 0 Å². The van der Waals surface area contributed by atoms with Crippen molar-refractivity contribution in [3.8, 4) is 0 Å². The predicted octanol–water partition coefficient (Wildman–Crippen LogP) is -2.05. The molecule has 74 valence electrons. The van der Waals surface area contributed by atoms with E-state index in [2.05, 4.69) is 5.32 Å². The number of carbonyl (C=O) groups is 2. The van der Waals surface area contributed by atoms with Crippen LogP contribution in [0, 0.1) is 0 Å². The van der Waals surface area contributed by atoms with E-state index in [1.165, 1.54) is 0 Å². The Morgan fingerprint density at radius 2 is 1.85 bits per heavy atom. The van der Waals surface area contributed by atoms with Crippen molar-refractivity contribution in [3.63, 3.8) is 0 Å². The fraction of sp³-hybridized carbons (Fsp3) is 0.750. The summed E-state index contributed by atoms with van der Waals surface area (Å²) in [5.74, 6) is -1.26. The fourth-order valence-corrected chi connectivity index (χ4v) is 1.28. The van der Waals surface area contributed by atoms with Gasteiger partial charge in [-0.1, -0.05) is 0 Å². The fourth-order valence-electron chi connectivity index (χ4n) is 1.28. The highest BCUT2D eigenvalue weighted by Crippen LogP contribution is 1.98. The van der Waals surface area contributed by atoms with Crippen molar-refractivity contribution in [1.29, 1.82) is 0 Å². The molecule has 0 radical (unpaired) electrons. The third-order valence-electron chi connectivity index (χ3n) is 2.01. The van der Waals surface area contributed by atoms with Gasteiger partial charge in [0.25, 0.3) is 0 Å². The smallest absolute Gasteiger partial charge is 0.223 e. The third-order valence-corrected chi connectivity index (χ3v) is 2.01. The Labute approximate surface area is 76.7 Å². The molecule has 5 heteroatoms.